The van der Waals surface area contributed by atoms with Crippen LogP contribution in [-0.2, 0) is 19.8 Å². The number of aromatic nitrogens is 5. The van der Waals surface area contributed by atoms with Gasteiger partial charge in [0.05, 0.1) is 16.8 Å². The first-order valence-electron chi connectivity index (χ1n) is 13.7. The average Bonchev–Trinajstić information content (AvgIpc) is 3.44. The summed E-state index contributed by atoms with van der Waals surface area (Å²) in [6, 6.07) is 9.03. The first-order chi connectivity index (χ1) is 18.7. The number of nitrogens with zero attached hydrogens (tertiary/aromatic N) is 6. The van der Waals surface area contributed by atoms with Crippen LogP contribution in [0.1, 0.15) is 73.9 Å². The van der Waals surface area contributed by atoms with E-state index in [1.165, 1.54) is 16.8 Å². The number of aryl methyl sites for hydroxylation is 1. The highest BCUT2D eigenvalue weighted by atomic mass is 19.4. The maximum atomic E-state index is 14.2. The van der Waals surface area contributed by atoms with Crippen LogP contribution >= 0.6 is 0 Å². The molecule has 10 heteroatoms. The Morgan fingerprint density at radius 1 is 1.08 bits per heavy atom. The molecule has 1 aliphatic heterocycles. The predicted molar refractivity (Wildman–Crippen MR) is 142 cm³/mol. The van der Waals surface area contributed by atoms with Gasteiger partial charge >= 0.3 is 11.9 Å². The first-order valence-corrected chi connectivity index (χ1v) is 13.7. The van der Waals surface area contributed by atoms with Crippen LogP contribution in [0.15, 0.2) is 53.8 Å². The third-order valence-corrected chi connectivity index (χ3v) is 8.61. The number of halogens is 3. The van der Waals surface area contributed by atoms with Crippen LogP contribution < -0.4 is 5.69 Å². The van der Waals surface area contributed by atoms with Crippen molar-refractivity contribution in [3.63, 3.8) is 0 Å². The summed E-state index contributed by atoms with van der Waals surface area (Å²) in [5.41, 5.74) is 0.558. The molecule has 206 valence electrons. The summed E-state index contributed by atoms with van der Waals surface area (Å²) in [4.78, 5) is 15.8. The van der Waals surface area contributed by atoms with Crippen molar-refractivity contribution >= 4 is 5.52 Å². The molecule has 0 N–H and O–H groups in total. The molecule has 2 atom stereocenters. The van der Waals surface area contributed by atoms with Gasteiger partial charge in [-0.15, -0.1) is 10.2 Å². The zero-order valence-corrected chi connectivity index (χ0v) is 22.2. The van der Waals surface area contributed by atoms with Gasteiger partial charge < -0.3 is 4.57 Å². The molecule has 2 fully saturated rings. The highest BCUT2D eigenvalue weighted by Gasteiger charge is 2.36. The fourth-order valence-electron chi connectivity index (χ4n) is 6.22. The second kappa shape index (κ2) is 9.97. The first kappa shape index (κ1) is 25.9. The van der Waals surface area contributed by atoms with Gasteiger partial charge in [-0.05, 0) is 74.4 Å². The normalized spacial score (nSPS) is 19.9. The van der Waals surface area contributed by atoms with Gasteiger partial charge in [-0.25, -0.2) is 4.79 Å². The van der Waals surface area contributed by atoms with E-state index < -0.39 is 17.4 Å². The highest BCUT2D eigenvalue weighted by Crippen LogP contribution is 2.43. The number of hydrogen-bond acceptors (Lipinski definition) is 4. The van der Waals surface area contributed by atoms with Crippen molar-refractivity contribution in [1.82, 2.24) is 28.6 Å². The molecule has 0 radical (unpaired) electrons. The van der Waals surface area contributed by atoms with Gasteiger partial charge in [0.25, 0.3) is 0 Å². The summed E-state index contributed by atoms with van der Waals surface area (Å²) in [7, 11) is 1.91. The number of piperidine rings is 1. The number of rotatable bonds is 6. The van der Waals surface area contributed by atoms with E-state index in [-0.39, 0.29) is 11.4 Å². The fraction of sp³-hybridized carbons (Fsp3) is 0.483. The average molecular weight is 539 g/mol. The summed E-state index contributed by atoms with van der Waals surface area (Å²) < 4.78 is 47.1. The highest BCUT2D eigenvalue weighted by molar-refractivity contribution is 5.58. The Balaban J connectivity index is 1.43. The van der Waals surface area contributed by atoms with E-state index in [0.717, 1.165) is 60.9 Å². The minimum absolute atomic E-state index is 0.00260. The van der Waals surface area contributed by atoms with Crippen LogP contribution in [0.4, 0.5) is 13.2 Å². The molecule has 4 heterocycles. The van der Waals surface area contributed by atoms with Crippen molar-refractivity contribution in [2.24, 2.45) is 13.0 Å². The third-order valence-electron chi connectivity index (χ3n) is 8.61. The minimum atomic E-state index is -4.59. The Kier molecular flexibility index (Phi) is 6.61. The molecule has 0 spiro atoms. The van der Waals surface area contributed by atoms with Crippen molar-refractivity contribution in [2.45, 2.75) is 70.1 Å². The minimum Gasteiger partial charge on any atom is -0.320 e. The van der Waals surface area contributed by atoms with Gasteiger partial charge in [0, 0.05) is 37.9 Å². The van der Waals surface area contributed by atoms with E-state index in [1.54, 1.807) is 18.6 Å². The molecule has 1 aromatic carbocycles. The van der Waals surface area contributed by atoms with Crippen LogP contribution in [-0.4, -0.2) is 41.2 Å². The monoisotopic (exact) mass is 538 g/mol. The topological polar surface area (TPSA) is 60.4 Å². The molecular weight excluding hydrogens is 505 g/mol. The Bertz CT molecular complexity index is 1550. The molecule has 0 unspecified atom stereocenters. The Morgan fingerprint density at radius 3 is 2.56 bits per heavy atom. The maximum Gasteiger partial charge on any atom is 0.418 e. The van der Waals surface area contributed by atoms with E-state index >= 15 is 0 Å². The van der Waals surface area contributed by atoms with E-state index in [0.29, 0.717) is 29.8 Å². The van der Waals surface area contributed by atoms with Crippen molar-refractivity contribution in [3.05, 3.63) is 82.1 Å². The predicted octanol–water partition coefficient (Wildman–Crippen LogP) is 5.54. The third kappa shape index (κ3) is 4.79. The number of likely N-dealkylation sites (tertiary alicyclic amines) is 1. The lowest BCUT2D eigenvalue weighted by Crippen LogP contribution is -2.37. The van der Waals surface area contributed by atoms with E-state index in [2.05, 4.69) is 22.0 Å². The molecule has 1 saturated heterocycles. The van der Waals surface area contributed by atoms with Crippen molar-refractivity contribution in [2.75, 3.05) is 6.54 Å². The quantitative estimate of drug-likeness (QED) is 0.323. The Hall–Kier alpha value is -3.40. The maximum absolute atomic E-state index is 14.2. The van der Waals surface area contributed by atoms with E-state index in [4.69, 9.17) is 0 Å². The van der Waals surface area contributed by atoms with Crippen LogP contribution in [0, 0.1) is 5.92 Å². The number of fused-ring (bicyclic) bond motifs is 1. The number of imidazole rings is 1. The van der Waals surface area contributed by atoms with Gasteiger partial charge in [0.2, 0.25) is 0 Å². The fourth-order valence-corrected chi connectivity index (χ4v) is 6.22. The van der Waals surface area contributed by atoms with Crippen LogP contribution in [0.25, 0.3) is 11.2 Å². The lowest BCUT2D eigenvalue weighted by Gasteiger charge is -2.33. The molecule has 2 aliphatic rings. The molecule has 7 nitrogen and oxygen atoms in total. The number of alkyl halides is 3. The van der Waals surface area contributed by atoms with Crippen LogP contribution in [0.3, 0.4) is 0 Å². The standard InChI is InChI=1S/C29H33F3N6O/c1-19-7-3-4-12-36(19)15-20-13-24(29(30,31)32)25-17-37(28(39)38(25)16-20)23-11-6-10-22(14-23)26(21-8-5-9-21)27-34-33-18-35(27)2/h6,10-11,13-14,16-19,21,26H,3-5,7-9,12,15H2,1-2H3/t19-,26+/m0/s1. The smallest absolute Gasteiger partial charge is 0.320 e. The zero-order chi connectivity index (χ0) is 27.3. The van der Waals surface area contributed by atoms with E-state index in [1.807, 2.05) is 29.8 Å². The molecule has 4 aromatic rings. The molecule has 3 aromatic heterocycles. The Labute approximate surface area is 224 Å². The van der Waals surface area contributed by atoms with Gasteiger partial charge in [-0.3, -0.25) is 13.9 Å². The van der Waals surface area contributed by atoms with Crippen LogP contribution in [0.2, 0.25) is 0 Å². The lowest BCUT2D eigenvalue weighted by atomic mass is 9.72. The molecule has 1 aliphatic carbocycles. The molecular formula is C29H33F3N6O. The second-order valence-corrected chi connectivity index (χ2v) is 11.2. The molecule has 39 heavy (non-hydrogen) atoms. The Morgan fingerprint density at radius 2 is 1.90 bits per heavy atom. The largest absolute Gasteiger partial charge is 0.418 e. The number of pyridine rings is 1. The zero-order valence-electron chi connectivity index (χ0n) is 22.2. The summed E-state index contributed by atoms with van der Waals surface area (Å²) in [5.74, 6) is 1.26. The lowest BCUT2D eigenvalue weighted by molar-refractivity contribution is -0.136. The second-order valence-electron chi connectivity index (χ2n) is 11.2. The molecule has 6 rings (SSSR count). The van der Waals surface area contributed by atoms with Gasteiger partial charge in [-0.1, -0.05) is 25.0 Å². The number of benzene rings is 1. The molecule has 0 bridgehead atoms. The van der Waals surface area contributed by atoms with Crippen molar-refractivity contribution in [3.8, 4) is 5.69 Å². The van der Waals surface area contributed by atoms with Crippen LogP contribution in [0.5, 0.6) is 0 Å². The number of hydrogen-bond donors (Lipinski definition) is 0. The molecule has 1 saturated carbocycles. The van der Waals surface area contributed by atoms with Crippen molar-refractivity contribution in [1.29, 1.82) is 0 Å². The van der Waals surface area contributed by atoms with Gasteiger partial charge in [0.1, 0.15) is 12.2 Å². The summed E-state index contributed by atoms with van der Waals surface area (Å²) in [5, 5.41) is 8.43. The summed E-state index contributed by atoms with van der Waals surface area (Å²) in [6.07, 6.45) is 6.47. The van der Waals surface area contributed by atoms with E-state index in [9.17, 15) is 18.0 Å². The van der Waals surface area contributed by atoms with Gasteiger partial charge in [0.15, 0.2) is 0 Å². The molecule has 0 amide bonds. The SMILES string of the molecule is C[C@H]1CCCCN1Cc1cc(C(F)(F)F)c2cn(-c3cccc([C@H](c4nncn4C)C4CCC4)c3)c(=O)n2c1. The van der Waals surface area contributed by atoms with Crippen molar-refractivity contribution < 1.29 is 13.2 Å². The summed E-state index contributed by atoms with van der Waals surface area (Å²) in [6.45, 7) is 3.33. The summed E-state index contributed by atoms with van der Waals surface area (Å²) >= 11 is 0. The van der Waals surface area contributed by atoms with Gasteiger partial charge in [-0.2, -0.15) is 13.2 Å².